The minimum atomic E-state index is 0.184. The summed E-state index contributed by atoms with van der Waals surface area (Å²) < 4.78 is 1.82. The Hall–Kier alpha value is -1.75. The molecule has 0 bridgehead atoms. The molecule has 2 heterocycles. The van der Waals surface area contributed by atoms with E-state index in [0.29, 0.717) is 0 Å². The highest BCUT2D eigenvalue weighted by molar-refractivity contribution is 5.23. The maximum absolute atomic E-state index is 4.56. The van der Waals surface area contributed by atoms with Crippen LogP contribution in [0.15, 0.2) is 24.7 Å². The Kier molecular flexibility index (Phi) is 4.63. The van der Waals surface area contributed by atoms with E-state index >= 15 is 0 Å². The Morgan fingerprint density at radius 1 is 1.32 bits per heavy atom. The van der Waals surface area contributed by atoms with Crippen LogP contribution in [0.1, 0.15) is 37.0 Å². The molecule has 0 fully saturated rings. The van der Waals surface area contributed by atoms with Crippen molar-refractivity contribution in [2.45, 2.75) is 32.7 Å². The number of hydrogen-bond donors (Lipinski definition) is 1. The second-order valence-corrected chi connectivity index (χ2v) is 4.52. The summed E-state index contributed by atoms with van der Waals surface area (Å²) in [5, 5.41) is 7.62. The Balaban J connectivity index is 2.27. The fourth-order valence-electron chi connectivity index (χ4n) is 2.26. The lowest BCUT2D eigenvalue weighted by Gasteiger charge is -2.19. The van der Waals surface area contributed by atoms with Crippen molar-refractivity contribution in [1.29, 1.82) is 0 Å². The molecule has 5 heteroatoms. The summed E-state index contributed by atoms with van der Waals surface area (Å²) in [7, 11) is 1.92. The van der Waals surface area contributed by atoms with Crippen LogP contribution in [-0.2, 0) is 19.9 Å². The van der Waals surface area contributed by atoms with Crippen LogP contribution in [0.2, 0.25) is 0 Å². The third-order valence-electron chi connectivity index (χ3n) is 3.28. The Labute approximate surface area is 114 Å². The van der Waals surface area contributed by atoms with Gasteiger partial charge in [0, 0.05) is 19.7 Å². The van der Waals surface area contributed by atoms with Crippen molar-refractivity contribution in [2.75, 3.05) is 6.54 Å². The largest absolute Gasteiger partial charge is 0.309 e. The van der Waals surface area contributed by atoms with E-state index < -0.39 is 0 Å². The predicted molar refractivity (Wildman–Crippen MR) is 74.7 cm³/mol. The van der Waals surface area contributed by atoms with Gasteiger partial charge in [-0.25, -0.2) is 4.98 Å². The lowest BCUT2D eigenvalue weighted by molar-refractivity contribution is 0.507. The van der Waals surface area contributed by atoms with Gasteiger partial charge in [0.2, 0.25) is 0 Å². The van der Waals surface area contributed by atoms with Crippen LogP contribution >= 0.6 is 0 Å². The molecule has 2 aromatic heterocycles. The monoisotopic (exact) mass is 259 g/mol. The molecule has 0 aliphatic carbocycles. The van der Waals surface area contributed by atoms with Crippen molar-refractivity contribution in [3.05, 3.63) is 41.7 Å². The van der Waals surface area contributed by atoms with Crippen LogP contribution in [0.4, 0.5) is 0 Å². The smallest absolute Gasteiger partial charge is 0.138 e. The normalized spacial score (nSPS) is 12.6. The van der Waals surface area contributed by atoms with E-state index in [2.05, 4.69) is 40.3 Å². The predicted octanol–water partition coefficient (Wildman–Crippen LogP) is 1.67. The minimum absolute atomic E-state index is 0.184. The van der Waals surface area contributed by atoms with E-state index in [4.69, 9.17) is 0 Å². The fraction of sp³-hybridized carbons (Fsp3) is 0.500. The van der Waals surface area contributed by atoms with E-state index in [0.717, 1.165) is 30.9 Å². The number of nitrogens with zero attached hydrogens (tertiary/aromatic N) is 4. The molecule has 1 atom stereocenters. The van der Waals surface area contributed by atoms with E-state index in [1.807, 2.05) is 24.0 Å². The van der Waals surface area contributed by atoms with Crippen LogP contribution in [0.3, 0.4) is 0 Å². The third-order valence-corrected chi connectivity index (χ3v) is 3.28. The summed E-state index contributed by atoms with van der Waals surface area (Å²) in [6.45, 7) is 5.17. The highest BCUT2D eigenvalue weighted by atomic mass is 15.3. The first kappa shape index (κ1) is 13.7. The number of aryl methyl sites for hydroxylation is 2. The molecule has 1 N–H and O–H groups in total. The molecule has 0 saturated carbocycles. The van der Waals surface area contributed by atoms with Gasteiger partial charge in [0.15, 0.2) is 0 Å². The van der Waals surface area contributed by atoms with Gasteiger partial charge in [-0.1, -0.05) is 19.9 Å². The van der Waals surface area contributed by atoms with Crippen LogP contribution in [0.25, 0.3) is 0 Å². The van der Waals surface area contributed by atoms with Crippen LogP contribution < -0.4 is 5.32 Å². The van der Waals surface area contributed by atoms with Crippen molar-refractivity contribution < 1.29 is 0 Å². The van der Waals surface area contributed by atoms with Crippen molar-refractivity contribution in [3.63, 3.8) is 0 Å². The number of nitrogens with one attached hydrogen (secondary N) is 1. The first-order chi connectivity index (χ1) is 9.26. The lowest BCUT2D eigenvalue weighted by atomic mass is 10.0. The molecule has 1 unspecified atom stereocenters. The summed E-state index contributed by atoms with van der Waals surface area (Å²) in [6, 6.07) is 4.32. The number of hydrogen-bond acceptors (Lipinski definition) is 4. The van der Waals surface area contributed by atoms with Gasteiger partial charge in [0.1, 0.15) is 12.2 Å². The van der Waals surface area contributed by atoms with Crippen molar-refractivity contribution in [3.8, 4) is 0 Å². The molecule has 0 radical (unpaired) electrons. The highest BCUT2D eigenvalue weighted by Gasteiger charge is 2.17. The van der Waals surface area contributed by atoms with Gasteiger partial charge in [-0.05, 0) is 24.6 Å². The highest BCUT2D eigenvalue weighted by Crippen LogP contribution is 2.19. The topological polar surface area (TPSA) is 55.6 Å². The molecule has 0 spiro atoms. The Morgan fingerprint density at radius 3 is 2.79 bits per heavy atom. The fourth-order valence-corrected chi connectivity index (χ4v) is 2.26. The molecule has 0 saturated heterocycles. The first-order valence-electron chi connectivity index (χ1n) is 6.76. The molecule has 102 valence electrons. The summed E-state index contributed by atoms with van der Waals surface area (Å²) in [4.78, 5) is 8.86. The van der Waals surface area contributed by atoms with Gasteiger partial charge in [0.05, 0.1) is 11.7 Å². The third kappa shape index (κ3) is 3.17. The number of likely N-dealkylation sites (N-methyl/N-ethyl adjacent to an activating group) is 1. The van der Waals surface area contributed by atoms with Crippen molar-refractivity contribution in [1.82, 2.24) is 25.1 Å². The second-order valence-electron chi connectivity index (χ2n) is 4.52. The molecule has 0 aliphatic rings. The summed E-state index contributed by atoms with van der Waals surface area (Å²) in [5.41, 5.74) is 2.41. The summed E-state index contributed by atoms with van der Waals surface area (Å²) in [5.74, 6) is 0.971. The molecule has 2 rings (SSSR count). The molecular formula is C14H21N5. The van der Waals surface area contributed by atoms with Gasteiger partial charge in [0.25, 0.3) is 0 Å². The number of rotatable bonds is 6. The standard InChI is InChI=1S/C14H21N5/c1-4-11-7-6-8-16-14(11)12(15-5-2)9-13-17-10-18-19(13)3/h6-8,10,12,15H,4-5,9H2,1-3H3. The van der Waals surface area contributed by atoms with Crippen LogP contribution in [0.5, 0.6) is 0 Å². The molecule has 5 nitrogen and oxygen atoms in total. The van der Waals surface area contributed by atoms with Crippen LogP contribution in [0, 0.1) is 0 Å². The number of pyridine rings is 1. The van der Waals surface area contributed by atoms with Crippen LogP contribution in [-0.4, -0.2) is 26.3 Å². The molecule has 0 aromatic carbocycles. The van der Waals surface area contributed by atoms with E-state index in [1.165, 1.54) is 5.56 Å². The SMILES string of the molecule is CCNC(Cc1ncnn1C)c1ncccc1CC. The average molecular weight is 259 g/mol. The first-order valence-corrected chi connectivity index (χ1v) is 6.76. The summed E-state index contributed by atoms with van der Waals surface area (Å²) in [6.07, 6.45) is 5.24. The molecule has 19 heavy (non-hydrogen) atoms. The van der Waals surface area contributed by atoms with E-state index in [-0.39, 0.29) is 6.04 Å². The zero-order chi connectivity index (χ0) is 13.7. The molecule has 0 aliphatic heterocycles. The summed E-state index contributed by atoms with van der Waals surface area (Å²) >= 11 is 0. The maximum atomic E-state index is 4.56. The van der Waals surface area contributed by atoms with Crippen molar-refractivity contribution in [2.24, 2.45) is 7.05 Å². The Bertz CT molecular complexity index is 520. The van der Waals surface area contributed by atoms with Gasteiger partial charge < -0.3 is 5.32 Å². The molecular weight excluding hydrogens is 238 g/mol. The lowest BCUT2D eigenvalue weighted by Crippen LogP contribution is -2.26. The van der Waals surface area contributed by atoms with Gasteiger partial charge in [-0.3, -0.25) is 9.67 Å². The zero-order valence-corrected chi connectivity index (χ0v) is 11.8. The maximum Gasteiger partial charge on any atom is 0.138 e. The van der Waals surface area contributed by atoms with E-state index in [9.17, 15) is 0 Å². The van der Waals surface area contributed by atoms with E-state index in [1.54, 1.807) is 6.33 Å². The molecule has 2 aromatic rings. The minimum Gasteiger partial charge on any atom is -0.309 e. The zero-order valence-electron chi connectivity index (χ0n) is 11.8. The second kappa shape index (κ2) is 6.43. The van der Waals surface area contributed by atoms with Gasteiger partial charge in [-0.2, -0.15) is 5.10 Å². The van der Waals surface area contributed by atoms with Crippen molar-refractivity contribution >= 4 is 0 Å². The Morgan fingerprint density at radius 2 is 2.16 bits per heavy atom. The average Bonchev–Trinajstić information content (AvgIpc) is 2.84. The quantitative estimate of drug-likeness (QED) is 0.857. The van der Waals surface area contributed by atoms with Gasteiger partial charge >= 0.3 is 0 Å². The number of aromatic nitrogens is 4. The van der Waals surface area contributed by atoms with Gasteiger partial charge in [-0.15, -0.1) is 0 Å². The molecule has 0 amide bonds.